The Kier molecular flexibility index (Phi) is 5.66. The van der Waals surface area contributed by atoms with Gasteiger partial charge >= 0.3 is 5.97 Å². The molecular weight excluding hydrogens is 376 g/mol. The minimum absolute atomic E-state index is 0.157. The van der Waals surface area contributed by atoms with Gasteiger partial charge in [-0.15, -0.1) is 0 Å². The number of aliphatic carboxylic acids is 1. The molecule has 1 aromatic heterocycles. The Morgan fingerprint density at radius 1 is 1.33 bits per heavy atom. The number of amides is 1. The molecule has 2 rings (SSSR count). The predicted molar refractivity (Wildman–Crippen MR) is 94.8 cm³/mol. The lowest BCUT2D eigenvalue weighted by atomic mass is 10.2. The van der Waals surface area contributed by atoms with Crippen molar-refractivity contribution in [3.63, 3.8) is 0 Å². The topological polar surface area (TPSA) is 80.6 Å². The van der Waals surface area contributed by atoms with Crippen LogP contribution in [0.25, 0.3) is 0 Å². The average Bonchev–Trinajstić information content (AvgIpc) is 2.90. The van der Waals surface area contributed by atoms with Gasteiger partial charge in [0.15, 0.2) is 6.61 Å². The molecule has 2 aromatic rings. The van der Waals surface area contributed by atoms with Gasteiger partial charge in [0.25, 0.3) is 5.91 Å². The number of carboxylic acid groups (broad SMARTS) is 1. The van der Waals surface area contributed by atoms with Crippen LogP contribution in [0.4, 0.5) is 5.69 Å². The maximum Gasteiger partial charge on any atom is 0.341 e. The average molecular weight is 395 g/mol. The molecule has 0 aliphatic carbocycles. The molecule has 0 aliphatic rings. The smallest absolute Gasteiger partial charge is 0.341 e. The molecule has 0 fully saturated rings. The zero-order valence-corrected chi connectivity index (χ0v) is 15.3. The van der Waals surface area contributed by atoms with Crippen LogP contribution in [0, 0.1) is 6.92 Å². The number of carboxylic acids is 1. The molecule has 1 aromatic carbocycles. The van der Waals surface area contributed by atoms with Gasteiger partial charge in [-0.2, -0.15) is 0 Å². The molecule has 0 unspecified atom stereocenters. The van der Waals surface area contributed by atoms with E-state index in [0.29, 0.717) is 17.1 Å². The second kappa shape index (κ2) is 7.53. The molecule has 1 heterocycles. The number of ether oxygens (including phenoxy) is 1. The maximum atomic E-state index is 12.5. The van der Waals surface area contributed by atoms with E-state index in [1.165, 1.54) is 0 Å². The lowest BCUT2D eigenvalue weighted by Crippen LogP contribution is -2.18. The number of carbonyl (C=O) groups excluding carboxylic acids is 1. The summed E-state index contributed by atoms with van der Waals surface area (Å²) in [5, 5.41) is 11.5. The van der Waals surface area contributed by atoms with Crippen LogP contribution in [0.5, 0.6) is 5.75 Å². The number of aromatic nitrogens is 1. The molecule has 24 heavy (non-hydrogen) atoms. The normalized spacial score (nSPS) is 10.7. The largest absolute Gasteiger partial charge is 0.482 e. The van der Waals surface area contributed by atoms with Crippen molar-refractivity contribution >= 4 is 33.5 Å². The highest BCUT2D eigenvalue weighted by atomic mass is 79.9. The van der Waals surface area contributed by atoms with E-state index in [9.17, 15) is 9.59 Å². The highest BCUT2D eigenvalue weighted by Gasteiger charge is 2.16. The number of benzene rings is 1. The first kappa shape index (κ1) is 18.1. The Balaban J connectivity index is 2.16. The Morgan fingerprint density at radius 2 is 2.04 bits per heavy atom. The molecule has 0 radical (unpaired) electrons. The second-order valence-corrected chi connectivity index (χ2v) is 6.57. The summed E-state index contributed by atoms with van der Waals surface area (Å²) >= 11 is 3.39. The van der Waals surface area contributed by atoms with E-state index in [1.807, 2.05) is 31.5 Å². The molecule has 0 spiro atoms. The van der Waals surface area contributed by atoms with Crippen LogP contribution in [0.3, 0.4) is 0 Å². The first-order chi connectivity index (χ1) is 11.3. The molecule has 1 amide bonds. The van der Waals surface area contributed by atoms with Gasteiger partial charge in [0.1, 0.15) is 11.4 Å². The number of halogens is 1. The molecule has 7 heteroatoms. The van der Waals surface area contributed by atoms with Crippen molar-refractivity contribution in [2.24, 2.45) is 0 Å². The van der Waals surface area contributed by atoms with E-state index in [1.54, 1.807) is 24.3 Å². The zero-order chi connectivity index (χ0) is 17.9. The van der Waals surface area contributed by atoms with E-state index in [0.717, 1.165) is 10.0 Å². The Morgan fingerprint density at radius 3 is 2.62 bits per heavy atom. The van der Waals surface area contributed by atoms with Crippen molar-refractivity contribution in [2.75, 3.05) is 11.9 Å². The van der Waals surface area contributed by atoms with E-state index in [-0.39, 0.29) is 11.9 Å². The Bertz CT molecular complexity index is 768. The molecule has 0 bridgehead atoms. The summed E-state index contributed by atoms with van der Waals surface area (Å²) in [5.41, 5.74) is 1.99. The summed E-state index contributed by atoms with van der Waals surface area (Å²) in [7, 11) is 0. The van der Waals surface area contributed by atoms with Gasteiger partial charge in [0.05, 0.1) is 0 Å². The number of nitrogens with zero attached hydrogens (tertiary/aromatic N) is 1. The summed E-state index contributed by atoms with van der Waals surface area (Å²) < 4.78 is 7.86. The zero-order valence-electron chi connectivity index (χ0n) is 13.7. The van der Waals surface area contributed by atoms with Crippen LogP contribution in [0.15, 0.2) is 34.9 Å². The highest BCUT2D eigenvalue weighted by Crippen LogP contribution is 2.24. The second-order valence-electron chi connectivity index (χ2n) is 5.66. The molecular formula is C17H19BrN2O4. The number of nitrogens with one attached hydrogen (secondary N) is 1. The van der Waals surface area contributed by atoms with Crippen LogP contribution in [0.1, 0.15) is 35.9 Å². The van der Waals surface area contributed by atoms with Crippen molar-refractivity contribution in [3.8, 4) is 5.75 Å². The SMILES string of the molecule is Cc1cc(OCC(=O)O)ccc1NC(=O)c1cc(Br)cn1C(C)C. The van der Waals surface area contributed by atoms with Crippen LogP contribution >= 0.6 is 15.9 Å². The fraction of sp³-hybridized carbons (Fsp3) is 0.294. The minimum Gasteiger partial charge on any atom is -0.482 e. The lowest BCUT2D eigenvalue weighted by Gasteiger charge is -2.14. The Labute approximate surface area is 148 Å². The summed E-state index contributed by atoms with van der Waals surface area (Å²) in [5.74, 6) is -0.803. The number of carbonyl (C=O) groups is 2. The lowest BCUT2D eigenvalue weighted by molar-refractivity contribution is -0.139. The number of aryl methyl sites for hydroxylation is 1. The van der Waals surface area contributed by atoms with E-state index in [2.05, 4.69) is 21.2 Å². The number of anilines is 1. The first-order valence-electron chi connectivity index (χ1n) is 7.42. The molecule has 0 atom stereocenters. The van der Waals surface area contributed by atoms with Gasteiger partial charge in [-0.1, -0.05) is 0 Å². The van der Waals surface area contributed by atoms with Crippen molar-refractivity contribution in [1.82, 2.24) is 4.57 Å². The summed E-state index contributed by atoms with van der Waals surface area (Å²) in [6.07, 6.45) is 1.87. The first-order valence-corrected chi connectivity index (χ1v) is 8.21. The number of hydrogen-bond donors (Lipinski definition) is 2. The quantitative estimate of drug-likeness (QED) is 0.779. The van der Waals surface area contributed by atoms with Crippen molar-refractivity contribution < 1.29 is 19.4 Å². The Hall–Kier alpha value is -2.28. The predicted octanol–water partition coefficient (Wildman–Crippen LogP) is 3.86. The molecule has 0 saturated heterocycles. The molecule has 0 saturated carbocycles. The fourth-order valence-corrected chi connectivity index (χ4v) is 2.69. The van der Waals surface area contributed by atoms with Crippen molar-refractivity contribution in [3.05, 3.63) is 46.2 Å². The van der Waals surface area contributed by atoms with Crippen LogP contribution in [0.2, 0.25) is 0 Å². The number of rotatable bonds is 6. The van der Waals surface area contributed by atoms with Gasteiger partial charge in [-0.25, -0.2) is 4.79 Å². The highest BCUT2D eigenvalue weighted by molar-refractivity contribution is 9.10. The maximum absolute atomic E-state index is 12.5. The van der Waals surface area contributed by atoms with E-state index < -0.39 is 12.6 Å². The summed E-state index contributed by atoms with van der Waals surface area (Å²) in [4.78, 5) is 23.1. The molecule has 6 nitrogen and oxygen atoms in total. The number of hydrogen-bond acceptors (Lipinski definition) is 3. The third-order valence-electron chi connectivity index (χ3n) is 3.41. The summed E-state index contributed by atoms with van der Waals surface area (Å²) in [6, 6.07) is 6.95. The third kappa shape index (κ3) is 4.38. The molecule has 0 aliphatic heterocycles. The van der Waals surface area contributed by atoms with Crippen molar-refractivity contribution in [2.45, 2.75) is 26.8 Å². The fourth-order valence-electron chi connectivity index (χ4n) is 2.25. The summed E-state index contributed by atoms with van der Waals surface area (Å²) in [6.45, 7) is 5.42. The molecule has 2 N–H and O–H groups in total. The van der Waals surface area contributed by atoms with E-state index >= 15 is 0 Å². The standard InChI is InChI=1S/C17H19BrN2O4/c1-10(2)20-8-12(18)7-15(20)17(23)19-14-5-4-13(6-11(14)3)24-9-16(21)22/h4-8,10H,9H2,1-3H3,(H,19,23)(H,21,22). The third-order valence-corrected chi connectivity index (χ3v) is 3.85. The van der Waals surface area contributed by atoms with Gasteiger partial charge in [0, 0.05) is 22.4 Å². The van der Waals surface area contributed by atoms with Gasteiger partial charge in [0.2, 0.25) is 0 Å². The monoisotopic (exact) mass is 394 g/mol. The van der Waals surface area contributed by atoms with E-state index in [4.69, 9.17) is 9.84 Å². The van der Waals surface area contributed by atoms with Crippen LogP contribution < -0.4 is 10.1 Å². The van der Waals surface area contributed by atoms with Gasteiger partial charge in [-0.05, 0) is 66.5 Å². The van der Waals surface area contributed by atoms with Crippen LogP contribution in [-0.4, -0.2) is 28.2 Å². The van der Waals surface area contributed by atoms with Gasteiger partial charge < -0.3 is 19.7 Å². The van der Waals surface area contributed by atoms with Crippen molar-refractivity contribution in [1.29, 1.82) is 0 Å². The van der Waals surface area contributed by atoms with Gasteiger partial charge in [-0.3, -0.25) is 4.79 Å². The molecule has 128 valence electrons. The minimum atomic E-state index is -1.04. The van der Waals surface area contributed by atoms with Crippen LogP contribution in [-0.2, 0) is 4.79 Å².